The molecule has 0 bridgehead atoms. The Morgan fingerprint density at radius 3 is 1.00 bits per heavy atom. The van der Waals surface area contributed by atoms with Crippen molar-refractivity contribution in [3.63, 3.8) is 0 Å². The summed E-state index contributed by atoms with van der Waals surface area (Å²) in [7, 11) is 0. The first-order valence-corrected chi connectivity index (χ1v) is 23.2. The molecule has 1 N–H and O–H groups in total. The summed E-state index contributed by atoms with van der Waals surface area (Å²) in [5, 5.41) is 11.1. The number of unbranched alkanes of at least 4 members (excludes halogenated alkanes) is 24. The molecular formula is C43H83AlO3. The zero-order valence-corrected chi connectivity index (χ0v) is 33.8. The van der Waals surface area contributed by atoms with Gasteiger partial charge in [-0.05, 0) is 58.3 Å². The van der Waals surface area contributed by atoms with E-state index in [1.54, 1.807) is 10.6 Å². The summed E-state index contributed by atoms with van der Waals surface area (Å²) in [4.78, 5) is 19.5. The van der Waals surface area contributed by atoms with Gasteiger partial charge in [0.2, 0.25) is 0 Å². The summed E-state index contributed by atoms with van der Waals surface area (Å²) in [5.41, 5.74) is 0. The second-order valence-electron chi connectivity index (χ2n) is 14.7. The second kappa shape index (κ2) is 41.3. The van der Waals surface area contributed by atoms with E-state index < -0.39 is 20.1 Å². The summed E-state index contributed by atoms with van der Waals surface area (Å²) in [6, 6.07) is 0. The van der Waals surface area contributed by atoms with Crippen LogP contribution in [-0.4, -0.2) is 31.0 Å². The Kier molecular flexibility index (Phi) is 42.4. The number of aliphatic carboxylic acids is 1. The van der Waals surface area contributed by atoms with Gasteiger partial charge in [-0.15, -0.1) is 0 Å². The van der Waals surface area contributed by atoms with Gasteiger partial charge in [0.25, 0.3) is 14.1 Å². The van der Waals surface area contributed by atoms with Crippen LogP contribution in [0.4, 0.5) is 0 Å². The van der Waals surface area contributed by atoms with Crippen molar-refractivity contribution in [2.45, 2.75) is 236 Å². The Hall–Kier alpha value is -0.848. The van der Waals surface area contributed by atoms with Crippen LogP contribution in [0.25, 0.3) is 0 Å². The third kappa shape index (κ3) is 45.2. The van der Waals surface area contributed by atoms with E-state index in [2.05, 4.69) is 52.0 Å². The number of carboxylic acid groups (broad SMARTS) is 1. The summed E-state index contributed by atoms with van der Waals surface area (Å²) < 4.78 is 1.01. The van der Waals surface area contributed by atoms with Crippen molar-refractivity contribution in [1.82, 2.24) is 0 Å². The molecule has 0 aliphatic rings. The number of ketones is 1. The Morgan fingerprint density at radius 2 is 0.766 bits per heavy atom. The van der Waals surface area contributed by atoms with Crippen LogP contribution in [0.15, 0.2) is 24.3 Å². The van der Waals surface area contributed by atoms with Crippen LogP contribution < -0.4 is 0 Å². The van der Waals surface area contributed by atoms with E-state index in [9.17, 15) is 9.59 Å². The van der Waals surface area contributed by atoms with Crippen LogP contribution in [-0.2, 0) is 9.59 Å². The van der Waals surface area contributed by atoms with Crippen molar-refractivity contribution in [2.75, 3.05) is 0 Å². The molecule has 0 aromatic rings. The molecule has 0 unspecified atom stereocenters. The van der Waals surface area contributed by atoms with Gasteiger partial charge in [0.05, 0.1) is 0 Å². The van der Waals surface area contributed by atoms with Gasteiger partial charge in [-0.3, -0.25) is 9.59 Å². The number of allylic oxidation sites excluding steroid dienone is 4. The fourth-order valence-corrected chi connectivity index (χ4v) is 9.58. The average Bonchev–Trinajstić information content (AvgIpc) is 3.02. The predicted octanol–water partition coefficient (Wildman–Crippen LogP) is 15.0. The largest absolute Gasteiger partial charge is 0.481 e. The monoisotopic (exact) mass is 675 g/mol. The maximum absolute atomic E-state index is 9.87. The summed E-state index contributed by atoms with van der Waals surface area (Å²) >= 11 is -0.511. The highest BCUT2D eigenvalue weighted by molar-refractivity contribution is 6.60. The number of Topliss-reactive ketones (excluding diaryl/α,β-unsaturated/α-hetero) is 1. The molecule has 0 saturated carbocycles. The molecule has 4 heteroatoms. The minimum absolute atomic E-state index is 0.312. The molecule has 0 radical (unpaired) electrons. The quantitative estimate of drug-likeness (QED) is 0.0315. The number of carbonyl (C=O) groups excluding carboxylic acids is 1. The average molecular weight is 675 g/mol. The normalized spacial score (nSPS) is 11.4. The number of rotatable bonds is 35. The summed E-state index contributed by atoms with van der Waals surface area (Å²) in [5.74, 6) is -1.37. The molecule has 0 aliphatic heterocycles. The van der Waals surface area contributed by atoms with Crippen molar-refractivity contribution in [3.05, 3.63) is 24.3 Å². The molecule has 0 heterocycles. The van der Waals surface area contributed by atoms with E-state index in [1.807, 2.05) is 0 Å². The molecule has 0 amide bonds. The van der Waals surface area contributed by atoms with Crippen LogP contribution in [0.5, 0.6) is 0 Å². The molecule has 0 aliphatic carbocycles. The number of carboxylic acids is 1. The number of carbonyl (C=O) groups is 2. The van der Waals surface area contributed by atoms with Crippen molar-refractivity contribution in [1.29, 1.82) is 0 Å². The molecule has 276 valence electrons. The lowest BCUT2D eigenvalue weighted by Gasteiger charge is -2.15. The fraction of sp³-hybridized carbons (Fsp3) is 0.860. The van der Waals surface area contributed by atoms with Gasteiger partial charge < -0.3 is 5.11 Å². The van der Waals surface area contributed by atoms with Crippen molar-refractivity contribution in [3.8, 4) is 0 Å². The highest BCUT2D eigenvalue weighted by Gasteiger charge is 2.19. The van der Waals surface area contributed by atoms with E-state index in [0.717, 1.165) is 4.78 Å². The molecule has 3 nitrogen and oxygen atoms in total. The molecule has 0 fully saturated rings. The van der Waals surface area contributed by atoms with Crippen molar-refractivity contribution in [2.24, 2.45) is 0 Å². The third-order valence-corrected chi connectivity index (χ3v) is 13.7. The SMILES string of the molecule is CC(=O)CC(=O)O.CCCCCCCC/C=C\CCCCCCC[CH2][Al]([CH2]CCCCCCC/C=C\CCCCCCCC)[CH](C)C. The second-order valence-corrected chi connectivity index (χ2v) is 18.7. The lowest BCUT2D eigenvalue weighted by Crippen LogP contribution is -2.16. The Bertz CT molecular complexity index is 645. The molecule has 0 atom stereocenters. The Morgan fingerprint density at radius 1 is 0.489 bits per heavy atom. The van der Waals surface area contributed by atoms with Gasteiger partial charge in [-0.2, -0.15) is 0 Å². The smallest absolute Gasteiger partial charge is 0.310 e. The molecule has 0 aromatic heterocycles. The van der Waals surface area contributed by atoms with Gasteiger partial charge in [0.15, 0.2) is 0 Å². The fourth-order valence-electron chi connectivity index (χ4n) is 6.33. The van der Waals surface area contributed by atoms with Gasteiger partial charge >= 0.3 is 5.97 Å². The lowest BCUT2D eigenvalue weighted by molar-refractivity contribution is -0.139. The van der Waals surface area contributed by atoms with E-state index in [1.165, 1.54) is 187 Å². The molecule has 0 rings (SSSR count). The Labute approximate surface area is 300 Å². The predicted molar refractivity (Wildman–Crippen MR) is 212 cm³/mol. The highest BCUT2D eigenvalue weighted by atomic mass is 27.2. The molecule has 47 heavy (non-hydrogen) atoms. The standard InChI is InChI=1S/2C18H35.C4H6O3.C3H7.Al/c2*1-3-5-7-9-11-13-15-17-18-16-14-12-10-8-6-4-2;1-3(5)2-4(6)7;1-3-2;/h2*17-18H,1,3-16H2,2H3;2H2,1H3,(H,6,7);3H,1-2H3;/b2*18-17-;;;. The molecule has 0 saturated heterocycles. The van der Waals surface area contributed by atoms with Crippen molar-refractivity contribution < 1.29 is 14.7 Å². The van der Waals surface area contributed by atoms with Crippen LogP contribution >= 0.6 is 0 Å². The maximum atomic E-state index is 9.87. The van der Waals surface area contributed by atoms with Gasteiger partial charge in [-0.25, -0.2) is 0 Å². The van der Waals surface area contributed by atoms with Crippen LogP contribution in [0, 0.1) is 0 Å². The van der Waals surface area contributed by atoms with E-state index in [-0.39, 0.29) is 12.2 Å². The maximum Gasteiger partial charge on any atom is 0.310 e. The number of hydrogen-bond donors (Lipinski definition) is 1. The molecular weight excluding hydrogens is 591 g/mol. The van der Waals surface area contributed by atoms with Crippen LogP contribution in [0.2, 0.25) is 15.3 Å². The summed E-state index contributed by atoms with van der Waals surface area (Å²) in [6.07, 6.45) is 49.4. The summed E-state index contributed by atoms with van der Waals surface area (Å²) in [6.45, 7) is 10.9. The number of hydrogen-bond acceptors (Lipinski definition) is 2. The zero-order valence-electron chi connectivity index (χ0n) is 32.6. The first kappa shape index (κ1) is 48.3. The van der Waals surface area contributed by atoms with E-state index in [4.69, 9.17) is 5.11 Å². The highest BCUT2D eigenvalue weighted by Crippen LogP contribution is 2.23. The topological polar surface area (TPSA) is 54.4 Å². The van der Waals surface area contributed by atoms with Gasteiger partial charge in [-0.1, -0.05) is 196 Å². The van der Waals surface area contributed by atoms with Crippen molar-refractivity contribution >= 4 is 25.9 Å². The first-order valence-electron chi connectivity index (χ1n) is 20.9. The minimum Gasteiger partial charge on any atom is -0.481 e. The van der Waals surface area contributed by atoms with Gasteiger partial charge in [0.1, 0.15) is 12.2 Å². The minimum atomic E-state index is -1.06. The molecule has 0 aromatic carbocycles. The Balaban J connectivity index is 0. The van der Waals surface area contributed by atoms with Crippen LogP contribution in [0.3, 0.4) is 0 Å². The first-order chi connectivity index (χ1) is 22.8. The van der Waals surface area contributed by atoms with E-state index >= 15 is 0 Å². The van der Waals surface area contributed by atoms with Crippen LogP contribution in [0.1, 0.15) is 221 Å². The zero-order chi connectivity index (χ0) is 35.1. The van der Waals surface area contributed by atoms with E-state index in [0.29, 0.717) is 0 Å². The molecule has 0 spiro atoms. The lowest BCUT2D eigenvalue weighted by atomic mass is 10.1. The van der Waals surface area contributed by atoms with Gasteiger partial charge in [0, 0.05) is 0 Å². The third-order valence-electron chi connectivity index (χ3n) is 9.52.